The molecule has 3 rings (SSSR count). The molecule has 0 aliphatic heterocycles. The minimum Gasteiger partial charge on any atom is -0.460 e. The number of esters is 1. The van der Waals surface area contributed by atoms with Crippen LogP contribution >= 0.6 is 0 Å². The second-order valence-corrected chi connectivity index (χ2v) is 7.42. The zero-order chi connectivity index (χ0) is 23.1. The van der Waals surface area contributed by atoms with E-state index in [-0.39, 0.29) is 18.1 Å². The largest absolute Gasteiger partial charge is 0.460 e. The summed E-state index contributed by atoms with van der Waals surface area (Å²) in [6, 6.07) is 12.7. The Labute approximate surface area is 186 Å². The fourth-order valence-electron chi connectivity index (χ4n) is 3.39. The average Bonchev–Trinajstić information content (AvgIpc) is 3.08. The van der Waals surface area contributed by atoms with Gasteiger partial charge < -0.3 is 24.3 Å². The van der Waals surface area contributed by atoms with Gasteiger partial charge in [0.05, 0.1) is 18.7 Å². The van der Waals surface area contributed by atoms with Crippen LogP contribution in [0.1, 0.15) is 43.2 Å². The monoisotopic (exact) mass is 437 g/mol. The Morgan fingerprint density at radius 3 is 2.44 bits per heavy atom. The highest BCUT2D eigenvalue weighted by Gasteiger charge is 2.22. The number of hydrogen-bond acceptors (Lipinski definition) is 5. The van der Waals surface area contributed by atoms with Crippen LogP contribution in [0.25, 0.3) is 0 Å². The molecule has 0 unspecified atom stereocenters. The van der Waals surface area contributed by atoms with Crippen LogP contribution in [0.2, 0.25) is 0 Å². The highest BCUT2D eigenvalue weighted by Crippen LogP contribution is 2.19. The second kappa shape index (κ2) is 10.6. The third-order valence-electron chi connectivity index (χ3n) is 5.12. The molecular weight excluding hydrogens is 410 g/mol. The van der Waals surface area contributed by atoms with E-state index in [1.165, 1.54) is 13.2 Å². The maximum Gasteiger partial charge on any atom is 0.340 e. The third kappa shape index (κ3) is 5.53. The standard InChI is InChI=1S/C24H27N3O5/c1-16-21(24(30)32-13-12-31-3)17(2)26-22(16)23(29)25-14-18-7-9-19(10-8-18)15-27-11-5-4-6-20(27)28/h4-11,26H,12-15H2,1-3H3,(H,25,29). The summed E-state index contributed by atoms with van der Waals surface area (Å²) in [5.41, 5.74) is 3.68. The number of amides is 1. The molecular formula is C24H27N3O5. The number of nitrogens with one attached hydrogen (secondary N) is 2. The summed E-state index contributed by atoms with van der Waals surface area (Å²) in [5, 5.41) is 2.87. The molecule has 0 aliphatic carbocycles. The van der Waals surface area contributed by atoms with Gasteiger partial charge in [-0.05, 0) is 36.6 Å². The number of H-pyrrole nitrogens is 1. The van der Waals surface area contributed by atoms with Crippen molar-refractivity contribution in [3.8, 4) is 0 Å². The summed E-state index contributed by atoms with van der Waals surface area (Å²) in [6.45, 7) is 4.71. The zero-order valence-electron chi connectivity index (χ0n) is 18.4. The van der Waals surface area contributed by atoms with Crippen LogP contribution < -0.4 is 10.9 Å². The van der Waals surface area contributed by atoms with Crippen LogP contribution in [-0.2, 0) is 22.6 Å². The molecule has 3 aromatic rings. The summed E-state index contributed by atoms with van der Waals surface area (Å²) >= 11 is 0. The van der Waals surface area contributed by atoms with Gasteiger partial charge in [0.25, 0.3) is 11.5 Å². The van der Waals surface area contributed by atoms with E-state index < -0.39 is 5.97 Å². The van der Waals surface area contributed by atoms with Gasteiger partial charge in [0.1, 0.15) is 12.3 Å². The molecule has 0 fully saturated rings. The van der Waals surface area contributed by atoms with Crippen molar-refractivity contribution in [3.63, 3.8) is 0 Å². The van der Waals surface area contributed by atoms with Gasteiger partial charge >= 0.3 is 5.97 Å². The summed E-state index contributed by atoms with van der Waals surface area (Å²) in [4.78, 5) is 39.8. The van der Waals surface area contributed by atoms with Gasteiger partial charge in [-0.1, -0.05) is 30.3 Å². The molecule has 1 amide bonds. The number of benzene rings is 1. The number of carbonyl (C=O) groups is 2. The topological polar surface area (TPSA) is 102 Å². The first-order valence-corrected chi connectivity index (χ1v) is 10.3. The molecule has 0 atom stereocenters. The van der Waals surface area contributed by atoms with E-state index in [1.54, 1.807) is 30.7 Å². The molecule has 1 aromatic carbocycles. The number of hydrogen-bond donors (Lipinski definition) is 2. The lowest BCUT2D eigenvalue weighted by atomic mass is 10.1. The smallest absolute Gasteiger partial charge is 0.340 e. The van der Waals surface area contributed by atoms with Crippen molar-refractivity contribution in [2.24, 2.45) is 0 Å². The Balaban J connectivity index is 1.61. The van der Waals surface area contributed by atoms with Crippen LogP contribution in [0.5, 0.6) is 0 Å². The Morgan fingerprint density at radius 2 is 1.75 bits per heavy atom. The molecule has 0 saturated carbocycles. The van der Waals surface area contributed by atoms with Crippen molar-refractivity contribution in [2.75, 3.05) is 20.3 Å². The Bertz CT molecular complexity index is 1150. The van der Waals surface area contributed by atoms with E-state index in [0.717, 1.165) is 11.1 Å². The number of aromatic nitrogens is 2. The van der Waals surface area contributed by atoms with Gasteiger partial charge in [-0.25, -0.2) is 4.79 Å². The van der Waals surface area contributed by atoms with E-state index >= 15 is 0 Å². The van der Waals surface area contributed by atoms with Crippen molar-refractivity contribution < 1.29 is 19.1 Å². The summed E-state index contributed by atoms with van der Waals surface area (Å²) in [6.07, 6.45) is 1.75. The first kappa shape index (κ1) is 23.0. The van der Waals surface area contributed by atoms with E-state index in [2.05, 4.69) is 10.3 Å². The molecule has 0 spiro atoms. The molecule has 2 N–H and O–H groups in total. The lowest BCUT2D eigenvalue weighted by molar-refractivity contribution is 0.0387. The average molecular weight is 437 g/mol. The minimum absolute atomic E-state index is 0.0533. The van der Waals surface area contributed by atoms with Crippen LogP contribution in [0.4, 0.5) is 0 Å². The Hall–Kier alpha value is -3.65. The zero-order valence-corrected chi connectivity index (χ0v) is 18.4. The number of aromatic amines is 1. The number of carbonyl (C=O) groups excluding carboxylic acids is 2. The van der Waals surface area contributed by atoms with Gasteiger partial charge in [-0.3, -0.25) is 9.59 Å². The molecule has 0 aliphatic rings. The van der Waals surface area contributed by atoms with Crippen molar-refractivity contribution >= 4 is 11.9 Å². The van der Waals surface area contributed by atoms with Gasteiger partial charge in [0, 0.05) is 31.6 Å². The molecule has 8 heteroatoms. The lowest BCUT2D eigenvalue weighted by Gasteiger charge is -2.08. The molecule has 168 valence electrons. The predicted molar refractivity (Wildman–Crippen MR) is 120 cm³/mol. The van der Waals surface area contributed by atoms with Crippen LogP contribution in [0.3, 0.4) is 0 Å². The number of nitrogens with zero attached hydrogens (tertiary/aromatic N) is 1. The summed E-state index contributed by atoms with van der Waals surface area (Å²) in [7, 11) is 1.53. The lowest BCUT2D eigenvalue weighted by Crippen LogP contribution is -2.24. The third-order valence-corrected chi connectivity index (χ3v) is 5.12. The molecule has 2 heterocycles. The Kier molecular flexibility index (Phi) is 7.62. The number of ether oxygens (including phenoxy) is 2. The van der Waals surface area contributed by atoms with Crippen molar-refractivity contribution in [1.29, 1.82) is 0 Å². The van der Waals surface area contributed by atoms with Crippen molar-refractivity contribution in [3.05, 3.63) is 92.7 Å². The normalized spacial score (nSPS) is 10.7. The number of methoxy groups -OCH3 is 1. The first-order chi connectivity index (χ1) is 15.4. The first-order valence-electron chi connectivity index (χ1n) is 10.3. The van der Waals surface area contributed by atoms with E-state index in [4.69, 9.17) is 9.47 Å². The molecule has 8 nitrogen and oxygen atoms in total. The maximum atomic E-state index is 12.7. The Morgan fingerprint density at radius 1 is 1.03 bits per heavy atom. The minimum atomic E-state index is -0.486. The summed E-state index contributed by atoms with van der Waals surface area (Å²) in [5.74, 6) is -0.790. The van der Waals surface area contributed by atoms with Crippen LogP contribution in [0, 0.1) is 13.8 Å². The highest BCUT2D eigenvalue weighted by molar-refractivity contribution is 6.00. The number of aryl methyl sites for hydroxylation is 1. The maximum absolute atomic E-state index is 12.7. The summed E-state index contributed by atoms with van der Waals surface area (Å²) < 4.78 is 11.7. The van der Waals surface area contributed by atoms with E-state index in [0.29, 0.717) is 42.2 Å². The van der Waals surface area contributed by atoms with Crippen LogP contribution in [0.15, 0.2) is 53.5 Å². The predicted octanol–water partition coefficient (Wildman–Crippen LogP) is 2.57. The molecule has 0 radical (unpaired) electrons. The van der Waals surface area contributed by atoms with Gasteiger partial charge in [0.15, 0.2) is 0 Å². The molecule has 32 heavy (non-hydrogen) atoms. The molecule has 0 bridgehead atoms. The number of rotatable bonds is 9. The van der Waals surface area contributed by atoms with E-state index in [1.807, 2.05) is 30.3 Å². The quantitative estimate of drug-likeness (QED) is 0.396. The molecule has 0 saturated heterocycles. The SMILES string of the molecule is COCCOC(=O)c1c(C)[nH]c(C(=O)NCc2ccc(Cn3ccccc3=O)cc2)c1C. The second-order valence-electron chi connectivity index (χ2n) is 7.42. The number of pyridine rings is 1. The van der Waals surface area contributed by atoms with Crippen molar-refractivity contribution in [2.45, 2.75) is 26.9 Å². The fourth-order valence-corrected chi connectivity index (χ4v) is 3.39. The van der Waals surface area contributed by atoms with Gasteiger partial charge in [-0.15, -0.1) is 0 Å². The van der Waals surface area contributed by atoms with E-state index in [9.17, 15) is 14.4 Å². The van der Waals surface area contributed by atoms with Crippen LogP contribution in [-0.4, -0.2) is 41.8 Å². The van der Waals surface area contributed by atoms with Gasteiger partial charge in [0.2, 0.25) is 0 Å². The highest BCUT2D eigenvalue weighted by atomic mass is 16.6. The fraction of sp³-hybridized carbons (Fsp3) is 0.292. The van der Waals surface area contributed by atoms with Crippen molar-refractivity contribution in [1.82, 2.24) is 14.9 Å². The molecule has 2 aromatic heterocycles. The van der Waals surface area contributed by atoms with Gasteiger partial charge in [-0.2, -0.15) is 0 Å².